The summed E-state index contributed by atoms with van der Waals surface area (Å²) in [7, 11) is 0. The summed E-state index contributed by atoms with van der Waals surface area (Å²) in [5.74, 6) is -0.823. The van der Waals surface area contributed by atoms with Gasteiger partial charge in [-0.25, -0.2) is 0 Å². The van der Waals surface area contributed by atoms with E-state index < -0.39 is 5.97 Å². The van der Waals surface area contributed by atoms with Crippen LogP contribution in [0.2, 0.25) is 0 Å². The van der Waals surface area contributed by atoms with Crippen molar-refractivity contribution < 1.29 is 9.90 Å². The Morgan fingerprint density at radius 2 is 1.04 bits per heavy atom. The fourth-order valence-corrected chi connectivity index (χ4v) is 11.3. The topological polar surface area (TPSA) is 89.3 Å². The van der Waals surface area contributed by atoms with Crippen LogP contribution in [0.15, 0.2) is 97.1 Å². The third kappa shape index (κ3) is 6.32. The molecule has 0 bridgehead atoms. The number of hydrogen-bond donors (Lipinski definition) is 3. The molecule has 46 heavy (non-hydrogen) atoms. The maximum absolute atomic E-state index is 11.9. The fraction of sp³-hybridized carbons (Fsp3) is 0.108. The van der Waals surface area contributed by atoms with E-state index in [1.54, 1.807) is 45.3 Å². The first-order valence-corrected chi connectivity index (χ1v) is 18.8. The molecule has 0 unspecified atom stereocenters. The highest BCUT2D eigenvalue weighted by Crippen LogP contribution is 2.48. The van der Waals surface area contributed by atoms with Crippen LogP contribution >= 0.6 is 56.7 Å². The van der Waals surface area contributed by atoms with Crippen LogP contribution in [-0.2, 0) is 24.3 Å². The zero-order valence-electron chi connectivity index (χ0n) is 24.9. The Balaban J connectivity index is 1.18. The van der Waals surface area contributed by atoms with Gasteiger partial charge in [-0.2, -0.15) is 0 Å². The van der Waals surface area contributed by atoms with Crippen molar-refractivity contribution in [3.8, 4) is 59.9 Å². The maximum Gasteiger partial charge on any atom is 0.307 e. The first-order valence-electron chi connectivity index (χ1n) is 14.7. The van der Waals surface area contributed by atoms with E-state index in [2.05, 4.69) is 91.9 Å². The molecule has 4 nitrogen and oxygen atoms in total. The molecule has 7 aromatic rings. The molecule has 5 heterocycles. The zero-order chi connectivity index (χ0) is 31.8. The molecule has 0 fully saturated rings. The molecule has 0 saturated carbocycles. The van der Waals surface area contributed by atoms with E-state index in [1.807, 2.05) is 23.5 Å². The predicted octanol–water partition coefficient (Wildman–Crippen LogP) is 10.8. The second-order valence-electron chi connectivity index (χ2n) is 11.0. The zero-order valence-corrected chi connectivity index (χ0v) is 29.0. The van der Waals surface area contributed by atoms with Gasteiger partial charge in [0.2, 0.25) is 0 Å². The first-order chi connectivity index (χ1) is 22.4. The second kappa shape index (κ2) is 13.2. The molecule has 0 radical (unpaired) electrons. The van der Waals surface area contributed by atoms with Crippen LogP contribution in [0.4, 0.5) is 0 Å². The van der Waals surface area contributed by atoms with Crippen molar-refractivity contribution in [2.24, 2.45) is 11.5 Å². The summed E-state index contributed by atoms with van der Waals surface area (Å²) in [6.45, 7) is 3.21. The van der Waals surface area contributed by atoms with Gasteiger partial charge in [0, 0.05) is 61.9 Å². The van der Waals surface area contributed by atoms with Crippen molar-refractivity contribution in [2.45, 2.75) is 26.4 Å². The van der Waals surface area contributed by atoms with Gasteiger partial charge in [-0.1, -0.05) is 36.4 Å². The summed E-state index contributed by atoms with van der Waals surface area (Å²) < 4.78 is 0. The van der Waals surface area contributed by atoms with Crippen LogP contribution in [0.5, 0.6) is 0 Å². The van der Waals surface area contributed by atoms with Crippen molar-refractivity contribution >= 4 is 62.7 Å². The van der Waals surface area contributed by atoms with Gasteiger partial charge in [-0.15, -0.1) is 56.7 Å². The summed E-state index contributed by atoms with van der Waals surface area (Å²) >= 11 is 8.75. The van der Waals surface area contributed by atoms with Crippen molar-refractivity contribution in [1.29, 1.82) is 0 Å². The third-order valence-corrected chi connectivity index (χ3v) is 14.2. The minimum atomic E-state index is -0.823. The van der Waals surface area contributed by atoms with Gasteiger partial charge in [-0.05, 0) is 101 Å². The Hall–Kier alpha value is -3.67. The number of carbonyl (C=O) groups is 1. The van der Waals surface area contributed by atoms with Gasteiger partial charge in [0.1, 0.15) is 0 Å². The van der Waals surface area contributed by atoms with Gasteiger partial charge in [0.05, 0.1) is 6.42 Å². The van der Waals surface area contributed by atoms with Crippen LogP contribution in [0.3, 0.4) is 0 Å². The smallest absolute Gasteiger partial charge is 0.307 e. The summed E-state index contributed by atoms with van der Waals surface area (Å²) in [5.41, 5.74) is 18.4. The van der Waals surface area contributed by atoms with E-state index in [9.17, 15) is 9.90 Å². The number of carboxylic acids is 1. The molecule has 7 rings (SSSR count). The van der Waals surface area contributed by atoms with Crippen molar-refractivity contribution in [1.82, 2.24) is 0 Å². The lowest BCUT2D eigenvalue weighted by molar-refractivity contribution is -0.136. The second-order valence-corrected chi connectivity index (χ2v) is 16.3. The summed E-state index contributed by atoms with van der Waals surface area (Å²) in [6.07, 6.45) is -0.00702. The third-order valence-electron chi connectivity index (χ3n) is 7.71. The standard InChI is InChI=1S/C37H30N2O2S5/c1-21-14-33(29-10-8-27(42-29)24-6-2-4-22(15-24)19-38)45-36(21)31-12-13-32(44-31)37-26(18-35(40)41)17-34(46-37)30-11-9-28(43-30)25-7-3-5-23(16-25)20-39/h2-17H,18-20,38-39H2,1H3,(H,40,41). The molecule has 0 atom stereocenters. The molecule has 5 aromatic heterocycles. The largest absolute Gasteiger partial charge is 0.481 e. The van der Waals surface area contributed by atoms with Crippen molar-refractivity contribution in [2.75, 3.05) is 0 Å². The molecule has 0 aliphatic rings. The molecule has 0 amide bonds. The Labute approximate surface area is 287 Å². The maximum atomic E-state index is 11.9. The molecule has 230 valence electrons. The number of carboxylic acid groups (broad SMARTS) is 1. The minimum Gasteiger partial charge on any atom is -0.481 e. The van der Waals surface area contributed by atoms with E-state index in [1.165, 1.54) is 40.4 Å². The number of thiophene rings is 5. The lowest BCUT2D eigenvalue weighted by Crippen LogP contribution is -1.99. The lowest BCUT2D eigenvalue weighted by atomic mass is 10.1. The lowest BCUT2D eigenvalue weighted by Gasteiger charge is -2.00. The number of nitrogens with two attached hydrogens (primary N) is 2. The Morgan fingerprint density at radius 3 is 1.61 bits per heavy atom. The number of aryl methyl sites for hydroxylation is 1. The fourth-order valence-electron chi connectivity index (χ4n) is 5.44. The van der Waals surface area contributed by atoms with E-state index in [4.69, 9.17) is 11.5 Å². The predicted molar refractivity (Wildman–Crippen MR) is 200 cm³/mol. The van der Waals surface area contributed by atoms with Crippen molar-refractivity contribution in [3.05, 3.63) is 119 Å². The van der Waals surface area contributed by atoms with Gasteiger partial charge >= 0.3 is 5.97 Å². The normalized spacial score (nSPS) is 11.4. The van der Waals surface area contributed by atoms with Crippen LogP contribution < -0.4 is 11.5 Å². The number of rotatable bonds is 10. The molecule has 9 heteroatoms. The average Bonchev–Trinajstić information content (AvgIpc) is 3.90. The Bertz CT molecular complexity index is 2180. The molecular weight excluding hydrogens is 665 g/mol. The van der Waals surface area contributed by atoms with Crippen LogP contribution in [-0.4, -0.2) is 11.1 Å². The van der Waals surface area contributed by atoms with Crippen LogP contribution in [0, 0.1) is 6.92 Å². The monoisotopic (exact) mass is 694 g/mol. The van der Waals surface area contributed by atoms with Gasteiger partial charge < -0.3 is 16.6 Å². The number of aliphatic carboxylic acids is 1. The minimum absolute atomic E-state index is 0.00702. The molecule has 0 spiro atoms. The Morgan fingerprint density at radius 1 is 0.565 bits per heavy atom. The molecule has 0 saturated heterocycles. The van der Waals surface area contributed by atoms with Crippen LogP contribution in [0.25, 0.3) is 59.9 Å². The molecule has 5 N–H and O–H groups in total. The molecule has 2 aromatic carbocycles. The highest BCUT2D eigenvalue weighted by atomic mass is 32.1. The number of hydrogen-bond acceptors (Lipinski definition) is 8. The summed E-state index contributed by atoms with van der Waals surface area (Å²) in [5, 5.41) is 9.75. The highest BCUT2D eigenvalue weighted by molar-refractivity contribution is 7.30. The summed E-state index contributed by atoms with van der Waals surface area (Å²) in [6, 6.07) is 34.1. The average molecular weight is 695 g/mol. The quantitative estimate of drug-likeness (QED) is 0.133. The van der Waals surface area contributed by atoms with E-state index in [0.717, 1.165) is 41.8 Å². The van der Waals surface area contributed by atoms with Crippen LogP contribution in [0.1, 0.15) is 22.3 Å². The van der Waals surface area contributed by atoms with E-state index in [-0.39, 0.29) is 6.42 Å². The van der Waals surface area contributed by atoms with Crippen molar-refractivity contribution in [3.63, 3.8) is 0 Å². The van der Waals surface area contributed by atoms with E-state index in [0.29, 0.717) is 13.1 Å². The molecule has 0 aliphatic carbocycles. The highest BCUT2D eigenvalue weighted by Gasteiger charge is 2.20. The SMILES string of the molecule is Cc1cc(-c2ccc(-c3cccc(CN)c3)s2)sc1-c1ccc(-c2sc(-c3ccc(-c4cccc(CN)c4)s3)cc2CC(=O)O)s1. The number of benzene rings is 2. The van der Waals surface area contributed by atoms with E-state index >= 15 is 0 Å². The Kier molecular flexibility index (Phi) is 8.89. The first kappa shape index (κ1) is 31.0. The molecule has 0 aliphatic heterocycles. The van der Waals surface area contributed by atoms with Gasteiger partial charge in [0.15, 0.2) is 0 Å². The summed E-state index contributed by atoms with van der Waals surface area (Å²) in [4.78, 5) is 23.6. The van der Waals surface area contributed by atoms with Gasteiger partial charge in [0.25, 0.3) is 0 Å². The van der Waals surface area contributed by atoms with Gasteiger partial charge in [-0.3, -0.25) is 4.79 Å². The molecular formula is C37H30N2O2S5.